The number of nitrogens with two attached hydrogens (primary N) is 1. The molecule has 0 aliphatic heterocycles. The van der Waals surface area contributed by atoms with Crippen molar-refractivity contribution in [1.29, 1.82) is 0 Å². The van der Waals surface area contributed by atoms with Gasteiger partial charge in [0.15, 0.2) is 4.34 Å². The molecular formula is C8H14N4OS2. The van der Waals surface area contributed by atoms with Crippen LogP contribution >= 0.6 is 23.1 Å². The molecular weight excluding hydrogens is 232 g/mol. The lowest BCUT2D eigenvalue weighted by Gasteiger charge is -2.10. The van der Waals surface area contributed by atoms with Gasteiger partial charge in [0, 0.05) is 11.7 Å². The Labute approximate surface area is 96.8 Å². The summed E-state index contributed by atoms with van der Waals surface area (Å²) in [5.74, 6) is 0.260. The Hall–Kier alpha value is -0.820. The highest BCUT2D eigenvalue weighted by Gasteiger charge is 2.13. The first-order valence-corrected chi connectivity index (χ1v) is 6.28. The number of aryl methyl sites for hydroxylation is 1. The number of hydrogen-bond donors (Lipinski definition) is 2. The molecule has 0 bridgehead atoms. The van der Waals surface area contributed by atoms with Gasteiger partial charge in [0.2, 0.25) is 0 Å². The molecule has 5 nitrogen and oxygen atoms in total. The van der Waals surface area contributed by atoms with E-state index in [2.05, 4.69) is 22.3 Å². The molecule has 1 unspecified atom stereocenters. The van der Waals surface area contributed by atoms with Gasteiger partial charge < -0.3 is 10.9 Å². The molecule has 0 saturated heterocycles. The van der Waals surface area contributed by atoms with Gasteiger partial charge in [0.05, 0.1) is 0 Å². The third-order valence-corrected chi connectivity index (χ3v) is 4.08. The van der Waals surface area contributed by atoms with E-state index in [9.17, 15) is 0 Å². The Bertz CT molecular complexity index is 339. The maximum absolute atomic E-state index is 8.48. The number of amidine groups is 1. The predicted octanol–water partition coefficient (Wildman–Crippen LogP) is 1.85. The van der Waals surface area contributed by atoms with Crippen molar-refractivity contribution in [3.05, 3.63) is 5.01 Å². The minimum atomic E-state index is 0.260. The van der Waals surface area contributed by atoms with E-state index < -0.39 is 0 Å². The maximum atomic E-state index is 8.48. The molecule has 1 atom stereocenters. The number of rotatable bonds is 5. The minimum Gasteiger partial charge on any atom is -0.409 e. The van der Waals surface area contributed by atoms with Crippen molar-refractivity contribution < 1.29 is 5.21 Å². The van der Waals surface area contributed by atoms with E-state index in [1.54, 1.807) is 23.1 Å². The molecule has 84 valence electrons. The number of hydrogen-bond acceptors (Lipinski definition) is 6. The summed E-state index contributed by atoms with van der Waals surface area (Å²) in [5.41, 5.74) is 5.46. The molecule has 0 aliphatic rings. The van der Waals surface area contributed by atoms with Crippen molar-refractivity contribution in [2.24, 2.45) is 10.9 Å². The van der Waals surface area contributed by atoms with Crippen LogP contribution in [0.2, 0.25) is 0 Å². The summed E-state index contributed by atoms with van der Waals surface area (Å²) in [4.78, 5) is 0. The Kier molecular flexibility index (Phi) is 4.83. The van der Waals surface area contributed by atoms with Crippen LogP contribution < -0.4 is 5.73 Å². The van der Waals surface area contributed by atoms with Gasteiger partial charge in [0.1, 0.15) is 10.8 Å². The molecule has 0 amide bonds. The molecule has 1 aromatic heterocycles. The fourth-order valence-electron chi connectivity index (χ4n) is 1.01. The third-order valence-electron chi connectivity index (χ3n) is 1.80. The smallest absolute Gasteiger partial charge is 0.174 e. The average Bonchev–Trinajstić information content (AvgIpc) is 2.62. The summed E-state index contributed by atoms with van der Waals surface area (Å²) in [6, 6.07) is 0. The van der Waals surface area contributed by atoms with E-state index in [1.807, 2.05) is 6.92 Å². The number of thioether (sulfide) groups is 1. The molecule has 0 aromatic carbocycles. The van der Waals surface area contributed by atoms with Crippen LogP contribution in [-0.2, 0) is 0 Å². The second-order valence-electron chi connectivity index (χ2n) is 3.03. The van der Waals surface area contributed by atoms with E-state index in [1.165, 1.54) is 0 Å². The van der Waals surface area contributed by atoms with Crippen molar-refractivity contribution in [1.82, 2.24) is 10.2 Å². The normalized spacial score (nSPS) is 14.1. The van der Waals surface area contributed by atoms with E-state index in [0.29, 0.717) is 6.42 Å². The summed E-state index contributed by atoms with van der Waals surface area (Å²) in [7, 11) is 0. The Morgan fingerprint density at radius 2 is 2.40 bits per heavy atom. The second kappa shape index (κ2) is 5.92. The maximum Gasteiger partial charge on any atom is 0.174 e. The Balaban J connectivity index is 2.54. The number of nitrogens with zero attached hydrogens (tertiary/aromatic N) is 3. The zero-order chi connectivity index (χ0) is 11.3. The van der Waals surface area contributed by atoms with Gasteiger partial charge in [-0.2, -0.15) is 0 Å². The molecule has 1 aromatic rings. The monoisotopic (exact) mass is 246 g/mol. The first-order valence-electron chi connectivity index (χ1n) is 4.58. The van der Waals surface area contributed by atoms with Gasteiger partial charge in [-0.3, -0.25) is 0 Å². The van der Waals surface area contributed by atoms with E-state index >= 15 is 0 Å². The lowest BCUT2D eigenvalue weighted by atomic mass is 10.2. The van der Waals surface area contributed by atoms with Crippen LogP contribution in [0.3, 0.4) is 0 Å². The van der Waals surface area contributed by atoms with E-state index in [0.717, 1.165) is 15.8 Å². The van der Waals surface area contributed by atoms with Crippen LogP contribution in [0, 0.1) is 6.92 Å². The quantitative estimate of drug-likeness (QED) is 0.272. The summed E-state index contributed by atoms with van der Waals surface area (Å²) in [6.45, 7) is 3.99. The van der Waals surface area contributed by atoms with Gasteiger partial charge in [0.25, 0.3) is 0 Å². The summed E-state index contributed by atoms with van der Waals surface area (Å²) in [6.07, 6.45) is 1.51. The largest absolute Gasteiger partial charge is 0.409 e. The topological polar surface area (TPSA) is 84.4 Å². The molecule has 7 heteroatoms. The highest BCUT2D eigenvalue weighted by molar-refractivity contribution is 8.01. The highest BCUT2D eigenvalue weighted by Crippen LogP contribution is 2.29. The van der Waals surface area contributed by atoms with Crippen molar-refractivity contribution in [2.45, 2.75) is 36.3 Å². The Morgan fingerprint density at radius 3 is 2.87 bits per heavy atom. The van der Waals surface area contributed by atoms with Crippen molar-refractivity contribution in [2.75, 3.05) is 0 Å². The van der Waals surface area contributed by atoms with Crippen molar-refractivity contribution in [3.63, 3.8) is 0 Å². The van der Waals surface area contributed by atoms with Crippen LogP contribution in [-0.4, -0.2) is 26.5 Å². The molecule has 1 heterocycles. The molecule has 15 heavy (non-hydrogen) atoms. The first-order chi connectivity index (χ1) is 7.15. The van der Waals surface area contributed by atoms with Gasteiger partial charge in [-0.1, -0.05) is 35.2 Å². The lowest BCUT2D eigenvalue weighted by molar-refractivity contribution is 0.316. The predicted molar refractivity (Wildman–Crippen MR) is 62.6 cm³/mol. The molecule has 0 spiro atoms. The molecule has 3 N–H and O–H groups in total. The minimum absolute atomic E-state index is 0.260. The van der Waals surface area contributed by atoms with Gasteiger partial charge in [-0.15, -0.1) is 10.2 Å². The SMILES string of the molecule is CCC(C/C(N)=N/O)Sc1nnc(C)s1. The molecule has 0 saturated carbocycles. The highest BCUT2D eigenvalue weighted by atomic mass is 32.2. The van der Waals surface area contributed by atoms with Crippen molar-refractivity contribution >= 4 is 28.9 Å². The second-order valence-corrected chi connectivity index (χ2v) is 5.76. The van der Waals surface area contributed by atoms with Crippen LogP contribution in [0.5, 0.6) is 0 Å². The molecule has 0 fully saturated rings. The van der Waals surface area contributed by atoms with Gasteiger partial charge >= 0.3 is 0 Å². The first kappa shape index (κ1) is 12.3. The molecule has 0 radical (unpaired) electrons. The number of oxime groups is 1. The number of aromatic nitrogens is 2. The van der Waals surface area contributed by atoms with Gasteiger partial charge in [-0.05, 0) is 13.3 Å². The van der Waals surface area contributed by atoms with E-state index in [4.69, 9.17) is 10.9 Å². The fourth-order valence-corrected chi connectivity index (χ4v) is 3.18. The van der Waals surface area contributed by atoms with Crippen LogP contribution in [0.15, 0.2) is 9.50 Å². The summed E-state index contributed by atoms with van der Waals surface area (Å²) in [5, 5.41) is 20.7. The fraction of sp³-hybridized carbons (Fsp3) is 0.625. The van der Waals surface area contributed by atoms with Crippen molar-refractivity contribution in [3.8, 4) is 0 Å². The zero-order valence-corrected chi connectivity index (χ0v) is 10.3. The van der Waals surface area contributed by atoms with Crippen LogP contribution in [0.25, 0.3) is 0 Å². The van der Waals surface area contributed by atoms with Crippen LogP contribution in [0.1, 0.15) is 24.8 Å². The zero-order valence-electron chi connectivity index (χ0n) is 8.67. The summed E-state index contributed by atoms with van der Waals surface area (Å²) >= 11 is 3.19. The van der Waals surface area contributed by atoms with Gasteiger partial charge in [-0.25, -0.2) is 0 Å². The lowest BCUT2D eigenvalue weighted by Crippen LogP contribution is -2.18. The molecule has 1 rings (SSSR count). The Morgan fingerprint density at radius 1 is 1.67 bits per heavy atom. The third kappa shape index (κ3) is 4.05. The standard InChI is InChI=1S/C8H14N4OS2/c1-3-6(4-7(9)12-13)15-8-11-10-5(2)14-8/h6,13H,3-4H2,1-2H3,(H2,9,12). The van der Waals surface area contributed by atoms with E-state index in [-0.39, 0.29) is 11.1 Å². The summed E-state index contributed by atoms with van der Waals surface area (Å²) < 4.78 is 0.935. The van der Waals surface area contributed by atoms with Crippen LogP contribution in [0.4, 0.5) is 0 Å². The average molecular weight is 246 g/mol. The molecule has 0 aliphatic carbocycles.